The van der Waals surface area contributed by atoms with Crippen molar-refractivity contribution in [1.82, 2.24) is 0 Å². The second-order valence-electron chi connectivity index (χ2n) is 8.20. The second kappa shape index (κ2) is 4.35. The Bertz CT molecular complexity index is 563. The van der Waals surface area contributed by atoms with Crippen LogP contribution in [0.5, 0.6) is 0 Å². The van der Waals surface area contributed by atoms with E-state index in [0.717, 1.165) is 12.8 Å². The van der Waals surface area contributed by atoms with Crippen molar-refractivity contribution in [2.24, 2.45) is 17.3 Å². The van der Waals surface area contributed by atoms with E-state index in [0.29, 0.717) is 18.3 Å². The van der Waals surface area contributed by atoms with Crippen molar-refractivity contribution in [1.29, 1.82) is 0 Å². The Kier molecular flexibility index (Phi) is 2.91. The highest BCUT2D eigenvalue weighted by molar-refractivity contribution is 5.75. The van der Waals surface area contributed by atoms with E-state index < -0.39 is 5.79 Å². The maximum absolute atomic E-state index is 12.1. The van der Waals surface area contributed by atoms with Gasteiger partial charge in [0, 0.05) is 11.3 Å². The fourth-order valence-electron chi connectivity index (χ4n) is 5.60. The molecule has 6 atom stereocenters. The van der Waals surface area contributed by atoms with Crippen LogP contribution in [0.3, 0.4) is 0 Å². The molecule has 0 aromatic rings. The van der Waals surface area contributed by atoms with Gasteiger partial charge in [0.1, 0.15) is 12.2 Å². The van der Waals surface area contributed by atoms with Gasteiger partial charge in [-0.3, -0.25) is 4.79 Å². The minimum Gasteiger partial charge on any atom is -0.461 e. The average molecular weight is 306 g/mol. The molecule has 2 aliphatic carbocycles. The lowest BCUT2D eigenvalue weighted by Crippen LogP contribution is -2.60. The molecule has 0 unspecified atom stereocenters. The maximum atomic E-state index is 12.1. The van der Waals surface area contributed by atoms with Gasteiger partial charge in [0.25, 0.3) is 0 Å². The minimum absolute atomic E-state index is 0.00633. The van der Waals surface area contributed by atoms with Crippen LogP contribution in [0.4, 0.5) is 0 Å². The number of hydrogen-bond acceptors (Lipinski definition) is 4. The molecule has 122 valence electrons. The largest absolute Gasteiger partial charge is 0.461 e. The molecule has 1 saturated carbocycles. The molecule has 22 heavy (non-hydrogen) atoms. The van der Waals surface area contributed by atoms with E-state index in [9.17, 15) is 4.79 Å². The van der Waals surface area contributed by atoms with Crippen molar-refractivity contribution in [3.8, 4) is 0 Å². The number of rotatable bonds is 0. The summed E-state index contributed by atoms with van der Waals surface area (Å²) in [6.07, 6.45) is 2.49. The van der Waals surface area contributed by atoms with E-state index >= 15 is 0 Å². The lowest BCUT2D eigenvalue weighted by atomic mass is 9.51. The van der Waals surface area contributed by atoms with Crippen LogP contribution in [-0.4, -0.2) is 30.1 Å². The highest BCUT2D eigenvalue weighted by atomic mass is 16.8. The van der Waals surface area contributed by atoms with Gasteiger partial charge in [0.2, 0.25) is 0 Å². The van der Waals surface area contributed by atoms with Gasteiger partial charge in [-0.05, 0) is 50.7 Å². The SMILES string of the molecule is CC1=C2CC(=O)O[C@H]3CC[C@@H](C)[C@H]([C@@H]4OC(C)(C)O[C@H]14)[C@@]23C. The van der Waals surface area contributed by atoms with E-state index in [-0.39, 0.29) is 29.7 Å². The number of fused-ring (bicyclic) bond motifs is 2. The summed E-state index contributed by atoms with van der Waals surface area (Å²) < 4.78 is 18.3. The zero-order chi connectivity index (χ0) is 15.9. The van der Waals surface area contributed by atoms with E-state index in [2.05, 4.69) is 20.8 Å². The summed E-state index contributed by atoms with van der Waals surface area (Å²) in [5.41, 5.74) is 2.36. The Balaban J connectivity index is 1.89. The van der Waals surface area contributed by atoms with Crippen LogP contribution in [0.25, 0.3) is 0 Å². The molecule has 4 aliphatic rings. The smallest absolute Gasteiger partial charge is 0.310 e. The third-order valence-electron chi connectivity index (χ3n) is 6.49. The van der Waals surface area contributed by atoms with Crippen LogP contribution in [0.15, 0.2) is 11.1 Å². The van der Waals surface area contributed by atoms with Crippen LogP contribution >= 0.6 is 0 Å². The summed E-state index contributed by atoms with van der Waals surface area (Å²) >= 11 is 0. The molecule has 3 fully saturated rings. The summed E-state index contributed by atoms with van der Waals surface area (Å²) in [6, 6.07) is 0. The van der Waals surface area contributed by atoms with Crippen LogP contribution in [-0.2, 0) is 19.0 Å². The molecule has 2 heterocycles. The molecule has 0 spiro atoms. The summed E-state index contributed by atoms with van der Waals surface area (Å²) in [7, 11) is 0. The van der Waals surface area contributed by atoms with Crippen LogP contribution in [0.1, 0.15) is 53.9 Å². The molecule has 0 bridgehead atoms. The molecule has 2 aliphatic heterocycles. The maximum Gasteiger partial charge on any atom is 0.310 e. The molecule has 0 amide bonds. The van der Waals surface area contributed by atoms with Gasteiger partial charge >= 0.3 is 5.97 Å². The van der Waals surface area contributed by atoms with Gasteiger partial charge in [-0.15, -0.1) is 0 Å². The van der Waals surface area contributed by atoms with E-state index in [4.69, 9.17) is 14.2 Å². The zero-order valence-electron chi connectivity index (χ0n) is 14.1. The van der Waals surface area contributed by atoms with Gasteiger partial charge in [0.15, 0.2) is 5.79 Å². The van der Waals surface area contributed by atoms with Crippen LogP contribution < -0.4 is 0 Å². The highest BCUT2D eigenvalue weighted by Crippen LogP contribution is 2.61. The first-order chi connectivity index (χ1) is 10.2. The zero-order valence-corrected chi connectivity index (χ0v) is 14.1. The van der Waals surface area contributed by atoms with Crippen LogP contribution in [0, 0.1) is 17.3 Å². The van der Waals surface area contributed by atoms with Gasteiger partial charge in [-0.25, -0.2) is 0 Å². The third-order valence-corrected chi connectivity index (χ3v) is 6.49. The topological polar surface area (TPSA) is 44.8 Å². The van der Waals surface area contributed by atoms with E-state index in [1.165, 1.54) is 11.1 Å². The van der Waals surface area contributed by atoms with Gasteiger partial charge < -0.3 is 14.2 Å². The number of esters is 1. The van der Waals surface area contributed by atoms with Crippen molar-refractivity contribution in [3.05, 3.63) is 11.1 Å². The molecule has 2 saturated heterocycles. The predicted octanol–water partition coefficient (Wildman–Crippen LogP) is 3.20. The van der Waals surface area contributed by atoms with Gasteiger partial charge in [0.05, 0.1) is 12.5 Å². The first-order valence-corrected chi connectivity index (χ1v) is 8.49. The number of hydrogen-bond donors (Lipinski definition) is 0. The fraction of sp³-hybridized carbons (Fsp3) is 0.833. The summed E-state index contributed by atoms with van der Waals surface area (Å²) in [5, 5.41) is 0. The average Bonchev–Trinajstić information content (AvgIpc) is 2.73. The highest BCUT2D eigenvalue weighted by Gasteiger charge is 2.64. The van der Waals surface area contributed by atoms with Crippen molar-refractivity contribution in [2.75, 3.05) is 0 Å². The lowest BCUT2D eigenvalue weighted by Gasteiger charge is -2.58. The summed E-state index contributed by atoms with van der Waals surface area (Å²) in [6.45, 7) is 10.7. The molecule has 4 heteroatoms. The third kappa shape index (κ3) is 1.74. The summed E-state index contributed by atoms with van der Waals surface area (Å²) in [4.78, 5) is 12.1. The Morgan fingerprint density at radius 3 is 2.59 bits per heavy atom. The molecule has 0 radical (unpaired) electrons. The van der Waals surface area contributed by atoms with Gasteiger partial charge in [-0.1, -0.05) is 13.8 Å². The lowest BCUT2D eigenvalue weighted by molar-refractivity contribution is -0.188. The van der Waals surface area contributed by atoms with E-state index in [1.807, 2.05) is 13.8 Å². The molecular formula is C18H26O4. The van der Waals surface area contributed by atoms with Crippen molar-refractivity contribution in [3.63, 3.8) is 0 Å². The molecule has 0 aromatic carbocycles. The monoisotopic (exact) mass is 306 g/mol. The Labute approximate surface area is 132 Å². The molecule has 4 rings (SSSR count). The quantitative estimate of drug-likeness (QED) is 0.509. The minimum atomic E-state index is -0.557. The Morgan fingerprint density at radius 1 is 1.14 bits per heavy atom. The van der Waals surface area contributed by atoms with E-state index in [1.54, 1.807) is 0 Å². The number of carbonyl (C=O) groups is 1. The van der Waals surface area contributed by atoms with Crippen molar-refractivity contribution in [2.45, 2.75) is 78.0 Å². The first kappa shape index (κ1) is 14.7. The molecule has 4 nitrogen and oxygen atoms in total. The van der Waals surface area contributed by atoms with Gasteiger partial charge in [-0.2, -0.15) is 0 Å². The summed E-state index contributed by atoms with van der Waals surface area (Å²) in [5.74, 6) is 0.260. The van der Waals surface area contributed by atoms with Crippen LogP contribution in [0.2, 0.25) is 0 Å². The molecule has 0 aromatic heterocycles. The first-order valence-electron chi connectivity index (χ1n) is 8.49. The molecule has 0 N–H and O–H groups in total. The molecular weight excluding hydrogens is 280 g/mol. The Morgan fingerprint density at radius 2 is 1.86 bits per heavy atom. The number of carbonyl (C=O) groups excluding carboxylic acids is 1. The predicted molar refractivity (Wildman–Crippen MR) is 81.0 cm³/mol. The normalized spacial score (nSPS) is 49.5. The van der Waals surface area contributed by atoms with Crippen molar-refractivity contribution < 1.29 is 19.0 Å². The number of ether oxygens (including phenoxy) is 3. The second-order valence-corrected chi connectivity index (χ2v) is 8.20. The Hall–Kier alpha value is -0.870. The fourth-order valence-corrected chi connectivity index (χ4v) is 5.60. The standard InChI is InChI=1S/C18H26O4/c1-9-6-7-12-18(5)11(8-13(19)20-12)10(2)15-16(14(9)18)22-17(3,4)21-15/h9,12,14-16H,6-8H2,1-5H3/t9-,12+,14-,15-,16+,18+/m1/s1. The van der Waals surface area contributed by atoms with Crippen molar-refractivity contribution >= 4 is 5.97 Å².